The number of aromatic amines is 1. The van der Waals surface area contributed by atoms with Gasteiger partial charge >= 0.3 is 12.3 Å². The molecule has 8 nitrogen and oxygen atoms in total. The number of halogens is 3. The second kappa shape index (κ2) is 13.3. The fourth-order valence-corrected chi connectivity index (χ4v) is 4.76. The monoisotopic (exact) mass is 598 g/mol. The zero-order chi connectivity index (χ0) is 29.7. The molecule has 0 aliphatic rings. The normalized spacial score (nSPS) is 13.8. The minimum atomic E-state index is -4.65. The van der Waals surface area contributed by atoms with Gasteiger partial charge in [-0.25, -0.2) is 14.8 Å². The Morgan fingerprint density at radius 2 is 2.00 bits per heavy atom. The molecule has 0 radical (unpaired) electrons. The molecule has 3 N–H and O–H groups in total. The Bertz CT molecular complexity index is 1300. The number of alkyl halides is 3. The van der Waals surface area contributed by atoms with Gasteiger partial charge in [0.15, 0.2) is 0 Å². The zero-order valence-corrected chi connectivity index (χ0v) is 25.2. The fourth-order valence-electron chi connectivity index (χ4n) is 4.00. The van der Waals surface area contributed by atoms with E-state index in [9.17, 15) is 18.0 Å². The van der Waals surface area contributed by atoms with Gasteiger partial charge in [0.2, 0.25) is 5.95 Å². The van der Waals surface area contributed by atoms with Crippen LogP contribution < -0.4 is 10.0 Å². The first kappa shape index (κ1) is 31.9. The van der Waals surface area contributed by atoms with Crippen LogP contribution in [0.15, 0.2) is 35.5 Å². The van der Waals surface area contributed by atoms with E-state index in [1.165, 1.54) is 18.1 Å². The fraction of sp³-hybridized carbons (Fsp3) is 0.519. The highest BCUT2D eigenvalue weighted by molar-refractivity contribution is 7.97. The van der Waals surface area contributed by atoms with Gasteiger partial charge in [0.25, 0.3) is 0 Å². The lowest BCUT2D eigenvalue weighted by Crippen LogP contribution is -2.42. The van der Waals surface area contributed by atoms with Crippen molar-refractivity contribution >= 4 is 47.5 Å². The zero-order valence-electron chi connectivity index (χ0n) is 23.5. The van der Waals surface area contributed by atoms with Crippen LogP contribution in [0, 0.1) is 5.92 Å². The largest absolute Gasteiger partial charge is 0.444 e. The van der Waals surface area contributed by atoms with E-state index in [0.717, 1.165) is 23.9 Å². The van der Waals surface area contributed by atoms with Gasteiger partial charge in [0.05, 0.1) is 11.1 Å². The molecule has 0 bridgehead atoms. The minimum absolute atomic E-state index is 0.00364. The number of ether oxygens (including phenoxy) is 1. The molecule has 0 saturated carbocycles. The second-order valence-electron chi connectivity index (χ2n) is 10.5. The van der Waals surface area contributed by atoms with Gasteiger partial charge in [0.1, 0.15) is 11.2 Å². The van der Waals surface area contributed by atoms with Gasteiger partial charge in [0, 0.05) is 52.8 Å². The van der Waals surface area contributed by atoms with Crippen LogP contribution in [0.25, 0.3) is 22.2 Å². The molecule has 2 atom stereocenters. The van der Waals surface area contributed by atoms with Crippen molar-refractivity contribution in [3.8, 4) is 11.3 Å². The molecule has 0 aliphatic carbocycles. The Morgan fingerprint density at radius 1 is 1.27 bits per heavy atom. The summed E-state index contributed by atoms with van der Waals surface area (Å²) in [7, 11) is 1.79. The molecule has 2 aromatic heterocycles. The van der Waals surface area contributed by atoms with Crippen LogP contribution in [0.5, 0.6) is 0 Å². The van der Waals surface area contributed by atoms with Gasteiger partial charge in [-0.05, 0) is 58.3 Å². The third-order valence-electron chi connectivity index (χ3n) is 5.98. The van der Waals surface area contributed by atoms with Crippen molar-refractivity contribution in [2.75, 3.05) is 25.5 Å². The highest BCUT2D eigenvalue weighted by Gasteiger charge is 2.36. The molecule has 2 heterocycles. The van der Waals surface area contributed by atoms with Crippen LogP contribution in [-0.4, -0.2) is 57.1 Å². The second-order valence-corrected chi connectivity index (χ2v) is 12.2. The minimum Gasteiger partial charge on any atom is -0.444 e. The number of fused-ring (bicyclic) bond motifs is 1. The number of nitrogens with zero attached hydrogens (tertiary/aromatic N) is 3. The van der Waals surface area contributed by atoms with Crippen LogP contribution in [-0.2, 0) is 10.9 Å². The molecule has 0 fully saturated rings. The van der Waals surface area contributed by atoms with E-state index >= 15 is 0 Å². The number of hydrogen-bond acceptors (Lipinski definition) is 8. The summed E-state index contributed by atoms with van der Waals surface area (Å²) in [6, 6.07) is 5.45. The lowest BCUT2D eigenvalue weighted by Gasteiger charge is -2.31. The summed E-state index contributed by atoms with van der Waals surface area (Å²) in [6.07, 6.45) is -1.05. The molecule has 220 valence electrons. The average molecular weight is 599 g/mol. The maximum atomic E-state index is 14.0. The highest BCUT2D eigenvalue weighted by Crippen LogP contribution is 2.39. The quantitative estimate of drug-likeness (QED) is 0.105. The van der Waals surface area contributed by atoms with Crippen molar-refractivity contribution in [2.45, 2.75) is 69.5 Å². The highest BCUT2D eigenvalue weighted by atomic mass is 32.2. The molecule has 1 aromatic carbocycles. The Kier molecular flexibility index (Phi) is 10.6. The number of aromatic nitrogens is 3. The van der Waals surface area contributed by atoms with E-state index in [4.69, 9.17) is 4.74 Å². The van der Waals surface area contributed by atoms with Crippen molar-refractivity contribution in [3.05, 3.63) is 36.2 Å². The summed E-state index contributed by atoms with van der Waals surface area (Å²) in [5, 5.41) is 3.07. The van der Waals surface area contributed by atoms with Crippen LogP contribution in [0.2, 0.25) is 0 Å². The van der Waals surface area contributed by atoms with Gasteiger partial charge in [-0.1, -0.05) is 26.3 Å². The number of unbranched alkanes of at least 4 members (excludes halogenated alkanes) is 1. The number of rotatable bonds is 11. The summed E-state index contributed by atoms with van der Waals surface area (Å²) >= 11 is 6.03. The summed E-state index contributed by atoms with van der Waals surface area (Å²) in [5.74, 6) is -0.206. The van der Waals surface area contributed by atoms with Crippen LogP contribution in [0.1, 0.15) is 53.0 Å². The topological polar surface area (TPSA) is 95.2 Å². The molecule has 13 heteroatoms. The maximum absolute atomic E-state index is 14.0. The molecule has 1 amide bonds. The lowest BCUT2D eigenvalue weighted by molar-refractivity contribution is -0.137. The molecule has 40 heavy (non-hydrogen) atoms. The van der Waals surface area contributed by atoms with E-state index in [1.54, 1.807) is 18.0 Å². The molecule has 0 aliphatic heterocycles. The van der Waals surface area contributed by atoms with Gasteiger partial charge in [-0.15, -0.1) is 0 Å². The summed E-state index contributed by atoms with van der Waals surface area (Å²) in [4.78, 5) is 26.6. The number of hydrogen-bond donors (Lipinski definition) is 4. The standard InChI is InChI=1S/C27H37F3N6O2S2/c1-7-8-11-36(25(37)38-26(3,4)5)15-16(2)23(39)35-24-33-14-20(27(28,29)30)22(34-24)19-13-32-21-12-17(40-31-6)9-10-18(19)21/h9-10,12-14,16,23,31-32,39H,7-8,11,15H2,1-6H3,(H,33,34,35). The average Bonchev–Trinajstić information content (AvgIpc) is 3.28. The molecule has 0 spiro atoms. The number of carbonyl (C=O) groups is 1. The van der Waals surface area contributed by atoms with Crippen LogP contribution >= 0.6 is 24.6 Å². The summed E-state index contributed by atoms with van der Waals surface area (Å²) in [5.41, 5.74) is -0.813. The Labute approximate surface area is 242 Å². The Morgan fingerprint density at radius 3 is 2.62 bits per heavy atom. The van der Waals surface area contributed by atoms with E-state index in [2.05, 4.69) is 37.6 Å². The van der Waals surface area contributed by atoms with Crippen molar-refractivity contribution in [3.63, 3.8) is 0 Å². The molecule has 3 aromatic rings. The lowest BCUT2D eigenvalue weighted by atomic mass is 10.1. The molecule has 0 saturated heterocycles. The van der Waals surface area contributed by atoms with E-state index < -0.39 is 28.8 Å². The summed E-state index contributed by atoms with van der Waals surface area (Å²) in [6.45, 7) is 10.2. The smallest absolute Gasteiger partial charge is 0.419 e. The van der Waals surface area contributed by atoms with Gasteiger partial charge in [-0.2, -0.15) is 25.8 Å². The van der Waals surface area contributed by atoms with Crippen molar-refractivity contribution < 1.29 is 22.7 Å². The number of amides is 1. The predicted molar refractivity (Wildman–Crippen MR) is 158 cm³/mol. The van der Waals surface area contributed by atoms with Crippen molar-refractivity contribution in [1.29, 1.82) is 0 Å². The third-order valence-corrected chi connectivity index (χ3v) is 7.31. The summed E-state index contributed by atoms with van der Waals surface area (Å²) < 4.78 is 50.5. The molecular weight excluding hydrogens is 561 g/mol. The number of thiol groups is 1. The Hall–Kier alpha value is -2.64. The Balaban J connectivity index is 1.86. The maximum Gasteiger partial charge on any atom is 0.419 e. The molecule has 3 rings (SSSR count). The van der Waals surface area contributed by atoms with Crippen LogP contribution in [0.3, 0.4) is 0 Å². The van der Waals surface area contributed by atoms with Gasteiger partial charge < -0.3 is 19.9 Å². The first-order valence-corrected chi connectivity index (χ1v) is 14.4. The number of carbonyl (C=O) groups excluding carboxylic acids is 1. The number of benzene rings is 1. The molecule has 2 unspecified atom stereocenters. The van der Waals surface area contributed by atoms with Crippen molar-refractivity contribution in [2.24, 2.45) is 5.92 Å². The predicted octanol–water partition coefficient (Wildman–Crippen LogP) is 7.21. The number of nitrogens with one attached hydrogen (secondary N) is 3. The van der Waals surface area contributed by atoms with Crippen molar-refractivity contribution in [1.82, 2.24) is 24.6 Å². The number of H-pyrrole nitrogens is 1. The van der Waals surface area contributed by atoms with E-state index in [1.807, 2.05) is 46.8 Å². The van der Waals surface area contributed by atoms with E-state index in [-0.39, 0.29) is 17.6 Å². The van der Waals surface area contributed by atoms with Gasteiger partial charge in [-0.3, -0.25) is 4.72 Å². The third kappa shape index (κ3) is 8.43. The SMILES string of the molecule is CCCCN(CC(C)C(S)Nc1ncc(C(F)(F)F)c(-c2c[nH]c3cc(SNC)ccc23)n1)C(=O)OC(C)(C)C. The molecular formula is C27H37F3N6O2S2. The first-order chi connectivity index (χ1) is 18.7. The number of anilines is 1. The van der Waals surface area contributed by atoms with E-state index in [0.29, 0.717) is 29.6 Å². The first-order valence-electron chi connectivity index (χ1n) is 13.0. The van der Waals surface area contributed by atoms with Crippen LogP contribution in [0.4, 0.5) is 23.9 Å².